The second-order valence-corrected chi connectivity index (χ2v) is 6.10. The van der Waals surface area contributed by atoms with Gasteiger partial charge in [0.15, 0.2) is 0 Å². The number of nitrogens with zero attached hydrogens (tertiary/aromatic N) is 1. The first-order chi connectivity index (χ1) is 9.28. The van der Waals surface area contributed by atoms with E-state index in [2.05, 4.69) is 22.5 Å². The average Bonchev–Trinajstić information content (AvgIpc) is 2.92. The van der Waals surface area contributed by atoms with Gasteiger partial charge in [-0.25, -0.2) is 0 Å². The smallest absolute Gasteiger partial charge is 0.220 e. The van der Waals surface area contributed by atoms with E-state index in [1.165, 1.54) is 25.8 Å². The Bertz CT molecular complexity index is 277. The van der Waals surface area contributed by atoms with Gasteiger partial charge in [0, 0.05) is 19.5 Å². The van der Waals surface area contributed by atoms with Crippen LogP contribution in [0.5, 0.6) is 0 Å². The molecule has 2 aliphatic rings. The molecule has 2 aliphatic heterocycles. The molecule has 2 unspecified atom stereocenters. The van der Waals surface area contributed by atoms with Crippen LogP contribution in [0.25, 0.3) is 0 Å². The molecule has 2 rings (SSSR count). The second-order valence-electron chi connectivity index (χ2n) is 6.10. The highest BCUT2D eigenvalue weighted by Gasteiger charge is 2.21. The molecule has 2 saturated heterocycles. The highest BCUT2D eigenvalue weighted by molar-refractivity contribution is 5.75. The molecule has 0 aliphatic carbocycles. The number of hydrogen-bond acceptors (Lipinski definition) is 3. The molecular formula is C15H29N3O. The summed E-state index contributed by atoms with van der Waals surface area (Å²) >= 11 is 0. The predicted octanol–water partition coefficient (Wildman–Crippen LogP) is 1.22. The van der Waals surface area contributed by atoms with Gasteiger partial charge in [-0.15, -0.1) is 0 Å². The molecular weight excluding hydrogens is 238 g/mol. The predicted molar refractivity (Wildman–Crippen MR) is 78.1 cm³/mol. The average molecular weight is 267 g/mol. The van der Waals surface area contributed by atoms with Crippen molar-refractivity contribution in [3.63, 3.8) is 0 Å². The first-order valence-corrected chi connectivity index (χ1v) is 7.97. The highest BCUT2D eigenvalue weighted by atomic mass is 16.1. The Hall–Kier alpha value is -0.610. The van der Waals surface area contributed by atoms with Crippen molar-refractivity contribution in [2.45, 2.75) is 39.0 Å². The number of rotatable bonds is 6. The summed E-state index contributed by atoms with van der Waals surface area (Å²) in [5.41, 5.74) is 0. The third-order valence-corrected chi connectivity index (χ3v) is 4.58. The van der Waals surface area contributed by atoms with Crippen LogP contribution in [0.15, 0.2) is 0 Å². The monoisotopic (exact) mass is 267 g/mol. The van der Waals surface area contributed by atoms with E-state index in [4.69, 9.17) is 0 Å². The fourth-order valence-corrected chi connectivity index (χ4v) is 3.22. The van der Waals surface area contributed by atoms with Crippen molar-refractivity contribution in [2.75, 3.05) is 39.3 Å². The van der Waals surface area contributed by atoms with Crippen LogP contribution >= 0.6 is 0 Å². The number of likely N-dealkylation sites (tertiary alicyclic amines) is 1. The summed E-state index contributed by atoms with van der Waals surface area (Å²) in [6.07, 6.45) is 5.54. The van der Waals surface area contributed by atoms with Crippen molar-refractivity contribution in [3.05, 3.63) is 0 Å². The SMILES string of the molecule is CCN1CCC(CNC(=O)CCC2CCCNC2)C1. The van der Waals surface area contributed by atoms with Gasteiger partial charge in [-0.1, -0.05) is 6.92 Å². The number of carbonyl (C=O) groups is 1. The van der Waals surface area contributed by atoms with Crippen molar-refractivity contribution < 1.29 is 4.79 Å². The fraction of sp³-hybridized carbons (Fsp3) is 0.933. The molecule has 19 heavy (non-hydrogen) atoms. The van der Waals surface area contributed by atoms with Gasteiger partial charge in [-0.2, -0.15) is 0 Å². The summed E-state index contributed by atoms with van der Waals surface area (Å²) in [7, 11) is 0. The Kier molecular flexibility index (Phi) is 6.11. The molecule has 2 fully saturated rings. The van der Waals surface area contributed by atoms with Crippen LogP contribution < -0.4 is 10.6 Å². The van der Waals surface area contributed by atoms with Gasteiger partial charge >= 0.3 is 0 Å². The molecule has 0 bridgehead atoms. The zero-order valence-corrected chi connectivity index (χ0v) is 12.3. The maximum atomic E-state index is 11.8. The molecule has 0 spiro atoms. The summed E-state index contributed by atoms with van der Waals surface area (Å²) in [5, 5.41) is 6.53. The quantitative estimate of drug-likeness (QED) is 0.761. The largest absolute Gasteiger partial charge is 0.356 e. The minimum Gasteiger partial charge on any atom is -0.356 e. The first kappa shape index (κ1) is 14.8. The highest BCUT2D eigenvalue weighted by Crippen LogP contribution is 2.16. The Balaban J connectivity index is 1.54. The van der Waals surface area contributed by atoms with Gasteiger partial charge in [0.05, 0.1) is 0 Å². The number of amides is 1. The Morgan fingerprint density at radius 3 is 2.95 bits per heavy atom. The molecule has 1 amide bonds. The fourth-order valence-electron chi connectivity index (χ4n) is 3.22. The Morgan fingerprint density at radius 2 is 2.26 bits per heavy atom. The van der Waals surface area contributed by atoms with E-state index < -0.39 is 0 Å². The first-order valence-electron chi connectivity index (χ1n) is 7.97. The number of carbonyl (C=O) groups excluding carboxylic acids is 1. The summed E-state index contributed by atoms with van der Waals surface area (Å²) in [4.78, 5) is 14.3. The summed E-state index contributed by atoms with van der Waals surface area (Å²) < 4.78 is 0. The minimum atomic E-state index is 0.250. The van der Waals surface area contributed by atoms with Crippen LogP contribution in [0.4, 0.5) is 0 Å². The molecule has 0 aromatic carbocycles. The molecule has 2 atom stereocenters. The zero-order valence-electron chi connectivity index (χ0n) is 12.3. The molecule has 2 N–H and O–H groups in total. The maximum absolute atomic E-state index is 11.8. The molecule has 0 aromatic rings. The number of hydrogen-bond donors (Lipinski definition) is 2. The zero-order chi connectivity index (χ0) is 13.5. The molecule has 110 valence electrons. The van der Waals surface area contributed by atoms with E-state index in [0.717, 1.165) is 39.1 Å². The van der Waals surface area contributed by atoms with Crippen LogP contribution in [0, 0.1) is 11.8 Å². The van der Waals surface area contributed by atoms with Gasteiger partial charge < -0.3 is 15.5 Å². The standard InChI is InChI=1S/C15H29N3O/c1-2-18-9-7-14(12-18)11-17-15(19)6-5-13-4-3-8-16-10-13/h13-14,16H,2-12H2,1H3,(H,17,19). The molecule has 0 saturated carbocycles. The van der Waals surface area contributed by atoms with E-state index in [1.54, 1.807) is 0 Å². The lowest BCUT2D eigenvalue weighted by molar-refractivity contribution is -0.121. The van der Waals surface area contributed by atoms with Crippen molar-refractivity contribution in [3.8, 4) is 0 Å². The summed E-state index contributed by atoms with van der Waals surface area (Å²) in [5.74, 6) is 1.63. The van der Waals surface area contributed by atoms with Crippen molar-refractivity contribution in [1.29, 1.82) is 0 Å². The topological polar surface area (TPSA) is 44.4 Å². The van der Waals surface area contributed by atoms with Crippen LogP contribution in [-0.4, -0.2) is 50.1 Å². The van der Waals surface area contributed by atoms with Gasteiger partial charge in [0.1, 0.15) is 0 Å². The maximum Gasteiger partial charge on any atom is 0.220 e. The molecule has 0 radical (unpaired) electrons. The Labute approximate surface area is 117 Å². The third-order valence-electron chi connectivity index (χ3n) is 4.58. The van der Waals surface area contributed by atoms with Crippen molar-refractivity contribution in [1.82, 2.24) is 15.5 Å². The lowest BCUT2D eigenvalue weighted by Gasteiger charge is -2.22. The lowest BCUT2D eigenvalue weighted by Crippen LogP contribution is -2.33. The van der Waals surface area contributed by atoms with E-state index >= 15 is 0 Å². The van der Waals surface area contributed by atoms with E-state index in [1.807, 2.05) is 0 Å². The van der Waals surface area contributed by atoms with Crippen LogP contribution in [0.3, 0.4) is 0 Å². The van der Waals surface area contributed by atoms with Crippen LogP contribution in [0.2, 0.25) is 0 Å². The van der Waals surface area contributed by atoms with Crippen molar-refractivity contribution >= 4 is 5.91 Å². The third kappa shape index (κ3) is 5.11. The van der Waals surface area contributed by atoms with E-state index in [-0.39, 0.29) is 5.91 Å². The molecule has 4 nitrogen and oxygen atoms in total. The number of piperidine rings is 1. The van der Waals surface area contributed by atoms with Gasteiger partial charge in [-0.05, 0) is 63.7 Å². The normalized spacial score (nSPS) is 28.5. The second kappa shape index (κ2) is 7.85. The summed E-state index contributed by atoms with van der Waals surface area (Å²) in [6.45, 7) is 8.82. The van der Waals surface area contributed by atoms with Gasteiger partial charge in [0.25, 0.3) is 0 Å². The van der Waals surface area contributed by atoms with Crippen LogP contribution in [0.1, 0.15) is 39.0 Å². The van der Waals surface area contributed by atoms with Crippen molar-refractivity contribution in [2.24, 2.45) is 11.8 Å². The van der Waals surface area contributed by atoms with Gasteiger partial charge in [-0.3, -0.25) is 4.79 Å². The van der Waals surface area contributed by atoms with E-state index in [9.17, 15) is 4.79 Å². The lowest BCUT2D eigenvalue weighted by atomic mass is 9.94. The summed E-state index contributed by atoms with van der Waals surface area (Å²) in [6, 6.07) is 0. The van der Waals surface area contributed by atoms with E-state index in [0.29, 0.717) is 18.3 Å². The minimum absolute atomic E-state index is 0.250. The van der Waals surface area contributed by atoms with Crippen LogP contribution in [-0.2, 0) is 4.79 Å². The molecule has 0 aromatic heterocycles. The Morgan fingerprint density at radius 1 is 1.37 bits per heavy atom. The molecule has 2 heterocycles. The van der Waals surface area contributed by atoms with Gasteiger partial charge in [0.2, 0.25) is 5.91 Å². The molecule has 4 heteroatoms. The number of nitrogens with one attached hydrogen (secondary N) is 2.